The molecule has 1 amide bonds. The van der Waals surface area contributed by atoms with Gasteiger partial charge >= 0.3 is 5.97 Å². The predicted molar refractivity (Wildman–Crippen MR) is 94.7 cm³/mol. The van der Waals surface area contributed by atoms with Crippen molar-refractivity contribution < 1.29 is 19.4 Å². The van der Waals surface area contributed by atoms with Gasteiger partial charge in [0.15, 0.2) is 5.11 Å². The van der Waals surface area contributed by atoms with Crippen LogP contribution in [0.5, 0.6) is 5.75 Å². The molecule has 0 aliphatic heterocycles. The number of amides is 1. The Morgan fingerprint density at radius 2 is 1.83 bits per heavy atom. The van der Waals surface area contributed by atoms with Crippen molar-refractivity contribution in [3.8, 4) is 5.75 Å². The molecule has 0 spiro atoms. The van der Waals surface area contributed by atoms with Gasteiger partial charge in [0.25, 0.3) is 5.91 Å². The SMILES string of the molecule is CCOc1cccc(C(=O)NC(=S)Nc2cccc(C(=O)O)c2)c1. The summed E-state index contributed by atoms with van der Waals surface area (Å²) in [6.45, 7) is 2.36. The molecule has 0 atom stereocenters. The Morgan fingerprint density at radius 1 is 1.12 bits per heavy atom. The second-order valence-electron chi connectivity index (χ2n) is 4.76. The lowest BCUT2D eigenvalue weighted by Gasteiger charge is -2.11. The van der Waals surface area contributed by atoms with Crippen LogP contribution in [0.3, 0.4) is 0 Å². The molecule has 0 heterocycles. The molecule has 0 saturated heterocycles. The van der Waals surface area contributed by atoms with Crippen LogP contribution < -0.4 is 15.4 Å². The normalized spacial score (nSPS) is 9.88. The zero-order valence-corrected chi connectivity index (χ0v) is 13.7. The number of anilines is 1. The number of carbonyl (C=O) groups excluding carboxylic acids is 1. The number of hydrogen-bond donors (Lipinski definition) is 3. The fraction of sp³-hybridized carbons (Fsp3) is 0.118. The molecule has 3 N–H and O–H groups in total. The van der Waals surface area contributed by atoms with E-state index in [0.29, 0.717) is 23.6 Å². The largest absolute Gasteiger partial charge is 0.494 e. The van der Waals surface area contributed by atoms with E-state index >= 15 is 0 Å². The Kier molecular flexibility index (Phi) is 5.86. The maximum absolute atomic E-state index is 12.2. The van der Waals surface area contributed by atoms with E-state index in [2.05, 4.69) is 10.6 Å². The topological polar surface area (TPSA) is 87.7 Å². The highest BCUT2D eigenvalue weighted by Crippen LogP contribution is 2.14. The number of ether oxygens (including phenoxy) is 1. The smallest absolute Gasteiger partial charge is 0.335 e. The quantitative estimate of drug-likeness (QED) is 0.723. The molecule has 0 fully saturated rings. The van der Waals surface area contributed by atoms with E-state index in [1.165, 1.54) is 12.1 Å². The molecule has 2 aromatic carbocycles. The minimum absolute atomic E-state index is 0.0735. The zero-order valence-electron chi connectivity index (χ0n) is 12.9. The second kappa shape index (κ2) is 8.07. The molecule has 0 aromatic heterocycles. The fourth-order valence-corrected chi connectivity index (χ4v) is 2.17. The van der Waals surface area contributed by atoms with Crippen LogP contribution in [0.15, 0.2) is 48.5 Å². The highest BCUT2D eigenvalue weighted by Gasteiger charge is 2.10. The molecule has 0 saturated carbocycles. The number of rotatable bonds is 5. The number of hydrogen-bond acceptors (Lipinski definition) is 4. The second-order valence-corrected chi connectivity index (χ2v) is 5.16. The number of nitrogens with one attached hydrogen (secondary N) is 2. The Bertz CT molecular complexity index is 777. The summed E-state index contributed by atoms with van der Waals surface area (Å²) in [7, 11) is 0. The Balaban J connectivity index is 2.01. The lowest BCUT2D eigenvalue weighted by atomic mass is 10.2. The maximum atomic E-state index is 12.2. The van der Waals surface area contributed by atoms with Crippen molar-refractivity contribution in [2.75, 3.05) is 11.9 Å². The maximum Gasteiger partial charge on any atom is 0.335 e. The lowest BCUT2D eigenvalue weighted by molar-refractivity contribution is 0.0696. The van der Waals surface area contributed by atoms with E-state index in [9.17, 15) is 9.59 Å². The van der Waals surface area contributed by atoms with Crippen molar-refractivity contribution in [1.29, 1.82) is 0 Å². The van der Waals surface area contributed by atoms with E-state index in [1.807, 2.05) is 6.92 Å². The van der Waals surface area contributed by atoms with Gasteiger partial charge in [-0.3, -0.25) is 10.1 Å². The van der Waals surface area contributed by atoms with Crippen molar-refractivity contribution in [2.45, 2.75) is 6.92 Å². The molecule has 0 aliphatic rings. The molecular weight excluding hydrogens is 328 g/mol. The van der Waals surface area contributed by atoms with Crippen LogP contribution in [-0.2, 0) is 0 Å². The van der Waals surface area contributed by atoms with E-state index in [4.69, 9.17) is 22.1 Å². The highest BCUT2D eigenvalue weighted by molar-refractivity contribution is 7.80. The van der Waals surface area contributed by atoms with Gasteiger partial charge in [0, 0.05) is 11.3 Å². The third-order valence-electron chi connectivity index (χ3n) is 3.00. The van der Waals surface area contributed by atoms with Gasteiger partial charge in [0.05, 0.1) is 12.2 Å². The highest BCUT2D eigenvalue weighted by atomic mass is 32.1. The summed E-state index contributed by atoms with van der Waals surface area (Å²) in [5, 5.41) is 14.4. The van der Waals surface area contributed by atoms with Gasteiger partial charge in [-0.2, -0.15) is 0 Å². The average molecular weight is 344 g/mol. The molecule has 0 radical (unpaired) electrons. The van der Waals surface area contributed by atoms with Gasteiger partial charge in [0.2, 0.25) is 0 Å². The number of carboxylic acids is 1. The molecule has 6 nitrogen and oxygen atoms in total. The summed E-state index contributed by atoms with van der Waals surface area (Å²) < 4.78 is 5.35. The summed E-state index contributed by atoms with van der Waals surface area (Å²) in [6.07, 6.45) is 0. The summed E-state index contributed by atoms with van der Waals surface area (Å²) >= 11 is 5.08. The minimum atomic E-state index is -1.04. The van der Waals surface area contributed by atoms with Crippen LogP contribution in [0, 0.1) is 0 Å². The number of carbonyl (C=O) groups is 2. The first-order valence-corrected chi connectivity index (χ1v) is 7.59. The first-order valence-electron chi connectivity index (χ1n) is 7.18. The molecule has 24 heavy (non-hydrogen) atoms. The monoisotopic (exact) mass is 344 g/mol. The van der Waals surface area contributed by atoms with E-state index in [1.54, 1.807) is 36.4 Å². The molecular formula is C17H16N2O4S. The molecule has 0 unspecified atom stereocenters. The summed E-state index contributed by atoms with van der Waals surface area (Å²) in [5.41, 5.74) is 1.01. The van der Waals surface area contributed by atoms with E-state index in [-0.39, 0.29) is 16.6 Å². The first-order chi connectivity index (χ1) is 11.5. The molecule has 0 aliphatic carbocycles. The standard InChI is InChI=1S/C17H16N2O4S/c1-2-23-14-8-4-5-11(10-14)15(20)19-17(24)18-13-7-3-6-12(9-13)16(21)22/h3-10H,2H2,1H3,(H,21,22)(H2,18,19,20,24). The predicted octanol–water partition coefficient (Wildman–Crippen LogP) is 2.91. The van der Waals surface area contributed by atoms with Gasteiger partial charge in [-0.25, -0.2) is 4.79 Å². The third kappa shape index (κ3) is 4.79. The molecule has 2 rings (SSSR count). The van der Waals surface area contributed by atoms with Gasteiger partial charge in [-0.1, -0.05) is 12.1 Å². The van der Waals surface area contributed by atoms with E-state index in [0.717, 1.165) is 0 Å². The van der Waals surface area contributed by atoms with Crippen LogP contribution in [-0.4, -0.2) is 28.7 Å². The van der Waals surface area contributed by atoms with Gasteiger partial charge < -0.3 is 15.2 Å². The van der Waals surface area contributed by atoms with Crippen molar-refractivity contribution in [1.82, 2.24) is 5.32 Å². The number of thiocarbonyl (C=S) groups is 1. The summed E-state index contributed by atoms with van der Waals surface area (Å²) in [4.78, 5) is 23.1. The molecule has 2 aromatic rings. The Labute approximate surface area is 144 Å². The van der Waals surface area contributed by atoms with Crippen LogP contribution in [0.1, 0.15) is 27.6 Å². The van der Waals surface area contributed by atoms with Crippen molar-refractivity contribution in [3.05, 3.63) is 59.7 Å². The summed E-state index contributed by atoms with van der Waals surface area (Å²) in [5.74, 6) is -0.831. The number of benzene rings is 2. The van der Waals surface area contributed by atoms with Crippen LogP contribution in [0.2, 0.25) is 0 Å². The van der Waals surface area contributed by atoms with E-state index < -0.39 is 5.97 Å². The molecule has 7 heteroatoms. The minimum Gasteiger partial charge on any atom is -0.494 e. The van der Waals surface area contributed by atoms with Crippen LogP contribution in [0.4, 0.5) is 5.69 Å². The zero-order chi connectivity index (χ0) is 17.5. The number of carboxylic acid groups (broad SMARTS) is 1. The number of aromatic carboxylic acids is 1. The summed E-state index contributed by atoms with van der Waals surface area (Å²) in [6, 6.07) is 12.9. The molecule has 124 valence electrons. The molecule has 0 bridgehead atoms. The van der Waals surface area contributed by atoms with Crippen LogP contribution >= 0.6 is 12.2 Å². The third-order valence-corrected chi connectivity index (χ3v) is 3.21. The van der Waals surface area contributed by atoms with Gasteiger partial charge in [-0.15, -0.1) is 0 Å². The van der Waals surface area contributed by atoms with Crippen LogP contribution in [0.25, 0.3) is 0 Å². The average Bonchev–Trinajstić information content (AvgIpc) is 2.55. The van der Waals surface area contributed by atoms with Gasteiger partial charge in [0.1, 0.15) is 5.75 Å². The Morgan fingerprint density at radius 3 is 2.54 bits per heavy atom. The van der Waals surface area contributed by atoms with Gasteiger partial charge in [-0.05, 0) is 55.5 Å². The Hall–Kier alpha value is -2.93. The first kappa shape index (κ1) is 17.4. The van der Waals surface area contributed by atoms with Crippen molar-refractivity contribution in [3.63, 3.8) is 0 Å². The van der Waals surface area contributed by atoms with Crippen molar-refractivity contribution >= 4 is 34.9 Å². The lowest BCUT2D eigenvalue weighted by Crippen LogP contribution is -2.34. The van der Waals surface area contributed by atoms with Crippen molar-refractivity contribution in [2.24, 2.45) is 0 Å². The fourth-order valence-electron chi connectivity index (χ4n) is 1.96.